The summed E-state index contributed by atoms with van der Waals surface area (Å²) in [4.78, 5) is 4.20. The van der Waals surface area contributed by atoms with Crippen LogP contribution in [0.4, 0.5) is 6.01 Å². The molecule has 5 heteroatoms. The van der Waals surface area contributed by atoms with Gasteiger partial charge in [0.1, 0.15) is 13.2 Å². The molecule has 2 aromatic rings. The number of benzene rings is 1. The number of nitrogens with two attached hydrogens (primary N) is 1. The van der Waals surface area contributed by atoms with Gasteiger partial charge in [-0.3, -0.25) is 0 Å². The summed E-state index contributed by atoms with van der Waals surface area (Å²) in [6.45, 7) is 5.18. The number of oxazole rings is 1. The first-order valence-electron chi connectivity index (χ1n) is 6.35. The molecular formula is C14H16N2O3. The molecule has 0 amide bonds. The van der Waals surface area contributed by atoms with Crippen molar-refractivity contribution in [1.82, 2.24) is 4.98 Å². The van der Waals surface area contributed by atoms with Crippen LogP contribution in [0.25, 0.3) is 11.3 Å². The van der Waals surface area contributed by atoms with E-state index in [9.17, 15) is 0 Å². The molecule has 2 N–H and O–H groups in total. The number of hydrogen-bond acceptors (Lipinski definition) is 5. The molecule has 19 heavy (non-hydrogen) atoms. The first-order chi connectivity index (χ1) is 9.19. The zero-order chi connectivity index (χ0) is 13.4. The summed E-state index contributed by atoms with van der Waals surface area (Å²) in [6, 6.07) is 4.09. The fourth-order valence-electron chi connectivity index (χ4n) is 2.26. The van der Waals surface area contributed by atoms with E-state index in [-0.39, 0.29) is 6.01 Å². The van der Waals surface area contributed by atoms with Crippen molar-refractivity contribution in [1.29, 1.82) is 0 Å². The summed E-state index contributed by atoms with van der Waals surface area (Å²) in [6.07, 6.45) is 0.768. The lowest BCUT2D eigenvalue weighted by molar-refractivity contribution is 0.171. The van der Waals surface area contributed by atoms with Gasteiger partial charge in [0.05, 0.1) is 5.69 Å². The van der Waals surface area contributed by atoms with Gasteiger partial charge in [-0.15, -0.1) is 0 Å². The largest absolute Gasteiger partial charge is 0.486 e. The molecule has 0 aliphatic carbocycles. The minimum Gasteiger partial charge on any atom is -0.486 e. The van der Waals surface area contributed by atoms with Crippen molar-refractivity contribution in [3.05, 3.63) is 23.4 Å². The van der Waals surface area contributed by atoms with Crippen molar-refractivity contribution in [2.45, 2.75) is 20.3 Å². The average molecular weight is 260 g/mol. The molecule has 0 bridgehead atoms. The quantitative estimate of drug-likeness (QED) is 0.898. The highest BCUT2D eigenvalue weighted by molar-refractivity contribution is 5.69. The van der Waals surface area contributed by atoms with Crippen LogP contribution in [-0.4, -0.2) is 18.2 Å². The maximum absolute atomic E-state index is 5.65. The van der Waals surface area contributed by atoms with Crippen LogP contribution in [0.5, 0.6) is 11.5 Å². The molecule has 1 aromatic heterocycles. The number of aromatic nitrogens is 1. The minimum atomic E-state index is 0.195. The molecule has 0 saturated carbocycles. The molecule has 1 aromatic carbocycles. The molecule has 0 atom stereocenters. The molecule has 5 nitrogen and oxygen atoms in total. The Kier molecular flexibility index (Phi) is 2.81. The Hall–Kier alpha value is -2.17. The Morgan fingerprint density at radius 3 is 2.58 bits per heavy atom. The Labute approximate surface area is 111 Å². The summed E-state index contributed by atoms with van der Waals surface area (Å²) >= 11 is 0. The van der Waals surface area contributed by atoms with E-state index < -0.39 is 0 Å². The second-order valence-electron chi connectivity index (χ2n) is 4.49. The van der Waals surface area contributed by atoms with Gasteiger partial charge in [-0.2, -0.15) is 4.98 Å². The molecule has 1 aliphatic rings. The van der Waals surface area contributed by atoms with Crippen LogP contribution in [0.1, 0.15) is 18.2 Å². The average Bonchev–Trinajstić information content (AvgIpc) is 2.79. The summed E-state index contributed by atoms with van der Waals surface area (Å²) in [5.74, 6) is 2.23. The van der Waals surface area contributed by atoms with Gasteiger partial charge in [0.25, 0.3) is 6.01 Å². The standard InChI is InChI=1S/C14H16N2O3/c1-3-10-13(19-14(15)16-10)9-7-12-11(6-8(9)2)17-4-5-18-12/h6-7H,3-5H2,1-2H3,(H2,15,16). The molecule has 0 radical (unpaired) electrons. The lowest BCUT2D eigenvalue weighted by Crippen LogP contribution is -2.15. The second-order valence-corrected chi connectivity index (χ2v) is 4.49. The number of rotatable bonds is 2. The van der Waals surface area contributed by atoms with Gasteiger partial charge >= 0.3 is 0 Å². The molecule has 0 unspecified atom stereocenters. The predicted octanol–water partition coefficient (Wildman–Crippen LogP) is 2.57. The van der Waals surface area contributed by atoms with Crippen LogP contribution >= 0.6 is 0 Å². The number of fused-ring (bicyclic) bond motifs is 1. The van der Waals surface area contributed by atoms with E-state index in [4.69, 9.17) is 19.6 Å². The highest BCUT2D eigenvalue weighted by Gasteiger charge is 2.19. The van der Waals surface area contributed by atoms with Crippen LogP contribution in [0.15, 0.2) is 16.5 Å². The van der Waals surface area contributed by atoms with Crippen molar-refractivity contribution < 1.29 is 13.9 Å². The molecule has 0 saturated heterocycles. The van der Waals surface area contributed by atoms with Gasteiger partial charge in [0.15, 0.2) is 17.3 Å². The van der Waals surface area contributed by atoms with Crippen LogP contribution in [0.3, 0.4) is 0 Å². The highest BCUT2D eigenvalue weighted by Crippen LogP contribution is 2.38. The number of hydrogen-bond donors (Lipinski definition) is 1. The molecular weight excluding hydrogens is 244 g/mol. The Bertz CT molecular complexity index is 619. The van der Waals surface area contributed by atoms with E-state index in [1.165, 1.54) is 0 Å². The van der Waals surface area contributed by atoms with Crippen LogP contribution in [0.2, 0.25) is 0 Å². The number of ether oxygens (including phenoxy) is 2. The van der Waals surface area contributed by atoms with Crippen molar-refractivity contribution >= 4 is 6.01 Å². The Balaban J connectivity index is 2.14. The van der Waals surface area contributed by atoms with E-state index >= 15 is 0 Å². The topological polar surface area (TPSA) is 70.5 Å². The zero-order valence-corrected chi connectivity index (χ0v) is 11.0. The molecule has 3 rings (SSSR count). The summed E-state index contributed by atoms with van der Waals surface area (Å²) in [7, 11) is 0. The van der Waals surface area contributed by atoms with E-state index in [1.807, 2.05) is 26.0 Å². The Morgan fingerprint density at radius 1 is 1.21 bits per heavy atom. The van der Waals surface area contributed by atoms with E-state index in [0.717, 1.165) is 40.5 Å². The van der Waals surface area contributed by atoms with Gasteiger partial charge < -0.3 is 19.6 Å². The maximum atomic E-state index is 5.65. The van der Waals surface area contributed by atoms with Crippen molar-refractivity contribution in [2.24, 2.45) is 0 Å². The number of nitrogen functional groups attached to an aromatic ring is 1. The molecule has 100 valence electrons. The summed E-state index contributed by atoms with van der Waals surface area (Å²) < 4.78 is 16.7. The first-order valence-corrected chi connectivity index (χ1v) is 6.35. The third-order valence-corrected chi connectivity index (χ3v) is 3.18. The van der Waals surface area contributed by atoms with Crippen LogP contribution in [-0.2, 0) is 6.42 Å². The van der Waals surface area contributed by atoms with Gasteiger partial charge in [-0.05, 0) is 31.0 Å². The zero-order valence-electron chi connectivity index (χ0n) is 11.0. The minimum absolute atomic E-state index is 0.195. The third-order valence-electron chi connectivity index (χ3n) is 3.18. The van der Waals surface area contributed by atoms with Crippen molar-refractivity contribution in [3.8, 4) is 22.8 Å². The summed E-state index contributed by atoms with van der Waals surface area (Å²) in [5.41, 5.74) is 8.51. The molecule has 0 fully saturated rings. The van der Waals surface area contributed by atoms with Crippen molar-refractivity contribution in [3.63, 3.8) is 0 Å². The first kappa shape index (κ1) is 11.9. The van der Waals surface area contributed by atoms with Crippen molar-refractivity contribution in [2.75, 3.05) is 18.9 Å². The lowest BCUT2D eigenvalue weighted by atomic mass is 10.0. The number of nitrogens with zero attached hydrogens (tertiary/aromatic N) is 1. The van der Waals surface area contributed by atoms with Crippen LogP contribution < -0.4 is 15.2 Å². The van der Waals surface area contributed by atoms with E-state index in [0.29, 0.717) is 13.2 Å². The van der Waals surface area contributed by atoms with Crippen LogP contribution in [0, 0.1) is 6.92 Å². The molecule has 1 aliphatic heterocycles. The van der Waals surface area contributed by atoms with Gasteiger partial charge in [0.2, 0.25) is 0 Å². The fourth-order valence-corrected chi connectivity index (χ4v) is 2.26. The van der Waals surface area contributed by atoms with Gasteiger partial charge in [-0.25, -0.2) is 0 Å². The number of aryl methyl sites for hydroxylation is 2. The van der Waals surface area contributed by atoms with E-state index in [2.05, 4.69) is 4.98 Å². The van der Waals surface area contributed by atoms with E-state index in [1.54, 1.807) is 0 Å². The third kappa shape index (κ3) is 2.01. The highest BCUT2D eigenvalue weighted by atomic mass is 16.6. The normalized spacial score (nSPS) is 13.6. The second kappa shape index (κ2) is 4.50. The van der Waals surface area contributed by atoms with Gasteiger partial charge in [0, 0.05) is 5.56 Å². The maximum Gasteiger partial charge on any atom is 0.292 e. The smallest absolute Gasteiger partial charge is 0.292 e. The lowest BCUT2D eigenvalue weighted by Gasteiger charge is -2.20. The Morgan fingerprint density at radius 2 is 1.89 bits per heavy atom. The summed E-state index contributed by atoms with van der Waals surface area (Å²) in [5, 5.41) is 0. The number of anilines is 1. The monoisotopic (exact) mass is 260 g/mol. The van der Waals surface area contributed by atoms with Gasteiger partial charge in [-0.1, -0.05) is 6.92 Å². The predicted molar refractivity (Wildman–Crippen MR) is 71.5 cm³/mol. The fraction of sp³-hybridized carbons (Fsp3) is 0.357. The SMILES string of the molecule is CCc1nc(N)oc1-c1cc2c(cc1C)OCCO2. The molecule has 0 spiro atoms. The molecule has 2 heterocycles.